The van der Waals surface area contributed by atoms with Gasteiger partial charge in [0.05, 0.1) is 0 Å². The SMILES string of the molecule is N.O=P(O)(O)O.[AlH3].[Fe]. The van der Waals surface area contributed by atoms with Gasteiger partial charge in [0, 0.05) is 17.1 Å². The first kappa shape index (κ1) is 22.9. The second-order valence-electron chi connectivity index (χ2n) is 0.513. The van der Waals surface area contributed by atoms with E-state index < -0.39 is 7.82 Å². The number of hydrogen-bond donors (Lipinski definition) is 4. The maximum absolute atomic E-state index is 8.88. The van der Waals surface area contributed by atoms with Crippen LogP contribution in [0.1, 0.15) is 0 Å². The van der Waals surface area contributed by atoms with Gasteiger partial charge in [0.2, 0.25) is 0 Å². The predicted octanol–water partition coefficient (Wildman–Crippen LogP) is -1.95. The Morgan fingerprint density at radius 2 is 1.12 bits per heavy atom. The number of phosphoric acid groups is 1. The Balaban J connectivity index is -0.0000000267. The summed E-state index contributed by atoms with van der Waals surface area (Å²) in [6.07, 6.45) is 0. The summed E-state index contributed by atoms with van der Waals surface area (Å²) in [7, 11) is -4.64. The molecule has 0 aromatic rings. The van der Waals surface area contributed by atoms with Crippen LogP contribution < -0.4 is 6.15 Å². The molecule has 8 heavy (non-hydrogen) atoms. The molecule has 0 unspecified atom stereocenters. The fraction of sp³-hybridized carbons (Fsp3) is 0. The summed E-state index contributed by atoms with van der Waals surface area (Å²) in [6, 6.07) is 0. The first-order valence-corrected chi connectivity index (χ1v) is 2.35. The maximum Gasteiger partial charge on any atom is 0.466 e. The zero-order chi connectivity index (χ0) is 4.50. The zero-order valence-electron chi connectivity index (χ0n) is 3.26. The van der Waals surface area contributed by atoms with Gasteiger partial charge in [-0.1, -0.05) is 0 Å². The van der Waals surface area contributed by atoms with E-state index >= 15 is 0 Å². The van der Waals surface area contributed by atoms with Crippen molar-refractivity contribution in [3.8, 4) is 0 Å². The predicted molar refractivity (Wildman–Crippen MR) is 29.2 cm³/mol. The van der Waals surface area contributed by atoms with Crippen molar-refractivity contribution in [2.24, 2.45) is 0 Å². The summed E-state index contributed by atoms with van der Waals surface area (Å²) in [5.41, 5.74) is 0. The van der Waals surface area contributed by atoms with Gasteiger partial charge in [0.25, 0.3) is 0 Å². The van der Waals surface area contributed by atoms with Crippen molar-refractivity contribution in [2.45, 2.75) is 0 Å². The molecule has 0 amide bonds. The molecule has 0 radical (unpaired) electrons. The first-order chi connectivity index (χ1) is 2.00. The maximum atomic E-state index is 8.88. The van der Waals surface area contributed by atoms with E-state index in [1.165, 1.54) is 0 Å². The summed E-state index contributed by atoms with van der Waals surface area (Å²) in [4.78, 5) is 21.6. The fourth-order valence-corrected chi connectivity index (χ4v) is 0. The second kappa shape index (κ2) is 8.12. The van der Waals surface area contributed by atoms with E-state index in [9.17, 15) is 0 Å². The molecule has 0 spiro atoms. The van der Waals surface area contributed by atoms with E-state index in [1.807, 2.05) is 0 Å². The topological polar surface area (TPSA) is 113 Å². The van der Waals surface area contributed by atoms with Crippen molar-refractivity contribution in [1.82, 2.24) is 6.15 Å². The molecule has 0 bridgehead atoms. The molecular formula is H9AlFeNO4P. The third-order valence-corrected chi connectivity index (χ3v) is 0. The molecule has 0 aliphatic carbocycles. The summed E-state index contributed by atoms with van der Waals surface area (Å²) in [5, 5.41) is 0. The van der Waals surface area contributed by atoms with Crippen molar-refractivity contribution >= 4 is 25.2 Å². The van der Waals surface area contributed by atoms with Gasteiger partial charge >= 0.3 is 7.82 Å². The first-order valence-electron chi connectivity index (χ1n) is 0.783. The van der Waals surface area contributed by atoms with E-state index in [2.05, 4.69) is 0 Å². The van der Waals surface area contributed by atoms with Crippen LogP contribution in [0.5, 0.6) is 0 Å². The quantitative estimate of drug-likeness (QED) is 0.268. The average Bonchev–Trinajstić information content (AvgIpc) is 0.722. The molecule has 6 N–H and O–H groups in total. The van der Waals surface area contributed by atoms with E-state index in [1.54, 1.807) is 0 Å². The van der Waals surface area contributed by atoms with Crippen LogP contribution in [0.4, 0.5) is 0 Å². The average molecular weight is 201 g/mol. The Labute approximate surface area is 67.9 Å². The Bertz CT molecular complexity index is 62.2. The van der Waals surface area contributed by atoms with Crippen LogP contribution in [0.3, 0.4) is 0 Å². The Hall–Kier alpha value is 1.12. The van der Waals surface area contributed by atoms with Crippen molar-refractivity contribution in [3.05, 3.63) is 0 Å². The van der Waals surface area contributed by atoms with Gasteiger partial charge in [0.1, 0.15) is 0 Å². The third kappa shape index (κ3) is 212. The van der Waals surface area contributed by atoms with Gasteiger partial charge in [0.15, 0.2) is 17.4 Å². The van der Waals surface area contributed by atoms with Gasteiger partial charge in [-0.15, -0.1) is 0 Å². The molecule has 0 saturated heterocycles. The van der Waals surface area contributed by atoms with Crippen LogP contribution in [-0.2, 0) is 21.6 Å². The van der Waals surface area contributed by atoms with E-state index in [4.69, 9.17) is 19.2 Å². The van der Waals surface area contributed by atoms with Crippen molar-refractivity contribution in [1.29, 1.82) is 0 Å². The van der Waals surface area contributed by atoms with Gasteiger partial charge in [-0.3, -0.25) is 0 Å². The van der Waals surface area contributed by atoms with E-state index in [0.717, 1.165) is 0 Å². The Morgan fingerprint density at radius 3 is 1.12 bits per heavy atom. The molecular weight excluding hydrogens is 192 g/mol. The van der Waals surface area contributed by atoms with Crippen LogP contribution in [0.25, 0.3) is 0 Å². The normalized spacial score (nSPS) is 7.38. The van der Waals surface area contributed by atoms with E-state index in [0.29, 0.717) is 0 Å². The van der Waals surface area contributed by atoms with Crippen LogP contribution in [0, 0.1) is 0 Å². The molecule has 0 saturated carbocycles. The molecule has 0 heterocycles. The molecule has 0 aliphatic heterocycles. The van der Waals surface area contributed by atoms with Gasteiger partial charge in [-0.05, 0) is 0 Å². The van der Waals surface area contributed by atoms with Crippen molar-refractivity contribution < 1.29 is 36.3 Å². The van der Waals surface area contributed by atoms with Gasteiger partial charge in [-0.25, -0.2) is 4.57 Å². The largest absolute Gasteiger partial charge is 0.466 e. The Kier molecular flexibility index (Phi) is 23.3. The summed E-state index contributed by atoms with van der Waals surface area (Å²) >= 11 is 0. The monoisotopic (exact) mass is 201 g/mol. The van der Waals surface area contributed by atoms with Crippen LogP contribution in [0.15, 0.2) is 0 Å². The zero-order valence-corrected chi connectivity index (χ0v) is 5.26. The minimum absolute atomic E-state index is 0. The molecule has 0 rings (SSSR count). The molecule has 0 aromatic heterocycles. The van der Waals surface area contributed by atoms with Crippen LogP contribution >= 0.6 is 7.82 Å². The molecule has 0 aliphatic rings. The third-order valence-electron chi connectivity index (χ3n) is 0. The standard InChI is InChI=1S/Al.Fe.H3N.H3O4P.3H/c;;;1-5(2,3)4;;;/h;;1H3;(H3,1,2,3,4);;;. The molecule has 0 aromatic carbocycles. The molecule has 54 valence electrons. The van der Waals surface area contributed by atoms with Crippen LogP contribution in [0.2, 0.25) is 0 Å². The van der Waals surface area contributed by atoms with Gasteiger partial charge in [-0.2, -0.15) is 0 Å². The molecule has 5 nitrogen and oxygen atoms in total. The minimum Gasteiger partial charge on any atom is -0.344 e. The molecule has 0 atom stereocenters. The smallest absolute Gasteiger partial charge is 0.344 e. The molecule has 0 fully saturated rings. The fourth-order valence-electron chi connectivity index (χ4n) is 0. The number of rotatable bonds is 0. The number of hydrogen-bond acceptors (Lipinski definition) is 2. The molecule has 8 heteroatoms. The summed E-state index contributed by atoms with van der Waals surface area (Å²) in [6.45, 7) is 0. The van der Waals surface area contributed by atoms with E-state index in [-0.39, 0.29) is 40.6 Å². The van der Waals surface area contributed by atoms with Gasteiger partial charge < -0.3 is 20.8 Å². The van der Waals surface area contributed by atoms with Crippen LogP contribution in [-0.4, -0.2) is 32.0 Å². The second-order valence-corrected chi connectivity index (χ2v) is 1.54. The van der Waals surface area contributed by atoms with Crippen molar-refractivity contribution in [2.75, 3.05) is 0 Å². The minimum atomic E-state index is -4.64. The summed E-state index contributed by atoms with van der Waals surface area (Å²) in [5.74, 6) is 0. The van der Waals surface area contributed by atoms with Crippen molar-refractivity contribution in [3.63, 3.8) is 0 Å². The summed E-state index contributed by atoms with van der Waals surface area (Å²) < 4.78 is 8.88. The Morgan fingerprint density at radius 1 is 1.12 bits per heavy atom.